The molecule has 0 unspecified atom stereocenters. The van der Waals surface area contributed by atoms with E-state index in [1.807, 2.05) is 29.6 Å². The number of carbonyl (C=O) groups excluding carboxylic acids is 1. The van der Waals surface area contributed by atoms with E-state index in [2.05, 4.69) is 20.6 Å². The summed E-state index contributed by atoms with van der Waals surface area (Å²) in [4.78, 5) is 19.8. The van der Waals surface area contributed by atoms with Crippen molar-refractivity contribution in [1.82, 2.24) is 15.6 Å². The summed E-state index contributed by atoms with van der Waals surface area (Å²) in [6.45, 7) is 0.941. The van der Waals surface area contributed by atoms with Gasteiger partial charge in [0.05, 0.1) is 12.3 Å². The highest BCUT2D eigenvalue weighted by Crippen LogP contribution is 2.27. The van der Waals surface area contributed by atoms with Crippen molar-refractivity contribution in [2.75, 3.05) is 26.9 Å². The molecule has 8 nitrogen and oxygen atoms in total. The van der Waals surface area contributed by atoms with Gasteiger partial charge >= 0.3 is 0 Å². The normalized spacial score (nSPS) is 10.9. The number of aromatic nitrogens is 1. The molecule has 0 saturated carbocycles. The quantitative estimate of drug-likeness (QED) is 0.298. The summed E-state index contributed by atoms with van der Waals surface area (Å²) < 4.78 is 4.93. The first-order valence-corrected chi connectivity index (χ1v) is 8.49. The Kier molecular flexibility index (Phi) is 9.60. The smallest absolute Gasteiger partial charge is 0.245 e. The molecule has 0 fully saturated rings. The molecule has 0 aliphatic carbocycles. The number of thiazole rings is 1. The number of nitrogens with two attached hydrogens (primary N) is 1. The number of ether oxygens (including phenoxy) is 1. The molecule has 1 amide bonds. The Morgan fingerprint density at radius 2 is 2.23 bits per heavy atom. The zero-order valence-corrected chi connectivity index (χ0v) is 15.9. The minimum Gasteiger partial charge on any atom is -0.387 e. The number of aliphatic hydroxyl groups excluding tert-OH is 1. The second-order valence-electron chi connectivity index (χ2n) is 5.07. The maximum Gasteiger partial charge on any atom is 0.245 e. The standard InChI is InChI=1S/C16H21N5O3S.ClH/c1-24-6-5-18-15(17)21-16-20-13(10-25-16)12-4-2-3-11(7-12)8-19-14(23)9-22;/h2-4,7,10,22H,5-6,8-9H2,1H3,(H,19,23)(H3,17,18,20,21);1H. The van der Waals surface area contributed by atoms with Crippen molar-refractivity contribution < 1.29 is 14.6 Å². The predicted octanol–water partition coefficient (Wildman–Crippen LogP) is 1.02. The van der Waals surface area contributed by atoms with Gasteiger partial charge < -0.3 is 26.2 Å². The van der Waals surface area contributed by atoms with Crippen LogP contribution in [0.15, 0.2) is 34.6 Å². The fourth-order valence-corrected chi connectivity index (χ4v) is 2.68. The highest BCUT2D eigenvalue weighted by atomic mass is 35.5. The van der Waals surface area contributed by atoms with E-state index in [4.69, 9.17) is 15.6 Å². The molecular weight excluding hydrogens is 378 g/mol. The third kappa shape index (κ3) is 6.96. The Morgan fingerprint density at radius 3 is 2.96 bits per heavy atom. The first kappa shape index (κ1) is 21.8. The average molecular weight is 400 g/mol. The van der Waals surface area contributed by atoms with Crippen molar-refractivity contribution in [2.45, 2.75) is 6.54 Å². The largest absolute Gasteiger partial charge is 0.387 e. The number of aliphatic hydroxyl groups is 1. The molecule has 0 atom stereocenters. The third-order valence-electron chi connectivity index (χ3n) is 3.18. The Balaban J connectivity index is 0.00000338. The fraction of sp³-hybridized carbons (Fsp3) is 0.312. The van der Waals surface area contributed by atoms with Gasteiger partial charge in [0.25, 0.3) is 0 Å². The molecule has 0 radical (unpaired) electrons. The number of aliphatic imine (C=N–C) groups is 1. The van der Waals surface area contributed by atoms with E-state index >= 15 is 0 Å². The van der Waals surface area contributed by atoms with Crippen molar-refractivity contribution in [3.05, 3.63) is 35.2 Å². The van der Waals surface area contributed by atoms with Gasteiger partial charge in [0.15, 0.2) is 5.96 Å². The number of amides is 1. The van der Waals surface area contributed by atoms with Gasteiger partial charge in [-0.15, -0.1) is 23.7 Å². The molecule has 0 saturated heterocycles. The van der Waals surface area contributed by atoms with Crippen LogP contribution < -0.4 is 16.4 Å². The zero-order valence-electron chi connectivity index (χ0n) is 14.3. The zero-order chi connectivity index (χ0) is 18.1. The van der Waals surface area contributed by atoms with Gasteiger partial charge in [-0.25, -0.2) is 4.98 Å². The number of nitrogens with zero attached hydrogens (tertiary/aromatic N) is 2. The predicted molar refractivity (Wildman–Crippen MR) is 105 cm³/mol. The van der Waals surface area contributed by atoms with Gasteiger partial charge in [0.1, 0.15) is 6.61 Å². The molecule has 0 spiro atoms. The van der Waals surface area contributed by atoms with Crippen molar-refractivity contribution in [3.63, 3.8) is 0 Å². The Morgan fingerprint density at radius 1 is 1.42 bits per heavy atom. The Hall–Kier alpha value is -2.20. The van der Waals surface area contributed by atoms with E-state index < -0.39 is 12.5 Å². The topological polar surface area (TPSA) is 122 Å². The van der Waals surface area contributed by atoms with Crippen LogP contribution >= 0.6 is 23.7 Å². The minimum atomic E-state index is -0.521. The van der Waals surface area contributed by atoms with Crippen molar-refractivity contribution >= 4 is 40.7 Å². The first-order chi connectivity index (χ1) is 12.1. The first-order valence-electron chi connectivity index (χ1n) is 7.61. The number of guanidine groups is 1. The van der Waals surface area contributed by atoms with E-state index in [1.165, 1.54) is 11.3 Å². The molecule has 0 bridgehead atoms. The fourth-order valence-electron chi connectivity index (χ4n) is 1.97. The van der Waals surface area contributed by atoms with Crippen LogP contribution in [0.3, 0.4) is 0 Å². The van der Waals surface area contributed by atoms with Crippen LogP contribution in [0, 0.1) is 0 Å². The summed E-state index contributed by atoms with van der Waals surface area (Å²) in [6, 6.07) is 7.64. The van der Waals surface area contributed by atoms with Crippen molar-refractivity contribution in [3.8, 4) is 11.3 Å². The summed E-state index contributed by atoms with van der Waals surface area (Å²) in [6.07, 6.45) is 0. The van der Waals surface area contributed by atoms with Crippen LogP contribution in [0.2, 0.25) is 0 Å². The number of carbonyl (C=O) groups is 1. The number of methoxy groups -OCH3 is 1. The molecule has 1 aromatic carbocycles. The molecule has 10 heteroatoms. The SMILES string of the molecule is COCCN/C(N)=N/c1nc(-c2cccc(CNC(=O)CO)c2)cs1.Cl. The third-order valence-corrected chi connectivity index (χ3v) is 3.91. The number of hydrogen-bond donors (Lipinski definition) is 4. The molecule has 1 aromatic heterocycles. The Labute approximate surface area is 161 Å². The maximum atomic E-state index is 11.1. The molecule has 2 rings (SSSR count). The lowest BCUT2D eigenvalue weighted by atomic mass is 10.1. The van der Waals surface area contributed by atoms with Crippen LogP contribution in [0.1, 0.15) is 5.56 Å². The molecule has 26 heavy (non-hydrogen) atoms. The highest BCUT2D eigenvalue weighted by molar-refractivity contribution is 7.13. The van der Waals surface area contributed by atoms with Gasteiger partial charge in [-0.1, -0.05) is 18.2 Å². The summed E-state index contributed by atoms with van der Waals surface area (Å²) in [5.41, 5.74) is 8.40. The molecule has 142 valence electrons. The van der Waals surface area contributed by atoms with E-state index in [9.17, 15) is 4.79 Å². The van der Waals surface area contributed by atoms with Crippen LogP contribution in [0.5, 0.6) is 0 Å². The van der Waals surface area contributed by atoms with Gasteiger partial charge in [-0.2, -0.15) is 4.99 Å². The molecule has 5 N–H and O–H groups in total. The van der Waals surface area contributed by atoms with Crippen LogP contribution in [0.25, 0.3) is 11.3 Å². The second kappa shape index (κ2) is 11.4. The highest BCUT2D eigenvalue weighted by Gasteiger charge is 2.06. The van der Waals surface area contributed by atoms with Crippen LogP contribution in [-0.2, 0) is 16.1 Å². The van der Waals surface area contributed by atoms with Crippen LogP contribution in [-0.4, -0.2) is 48.8 Å². The van der Waals surface area contributed by atoms with E-state index in [0.29, 0.717) is 30.8 Å². The van der Waals surface area contributed by atoms with Crippen molar-refractivity contribution in [2.24, 2.45) is 10.7 Å². The molecule has 0 aliphatic heterocycles. The summed E-state index contributed by atoms with van der Waals surface area (Å²) in [5, 5.41) is 16.7. The van der Waals surface area contributed by atoms with Gasteiger partial charge in [0, 0.05) is 31.1 Å². The second-order valence-corrected chi connectivity index (χ2v) is 5.90. The van der Waals surface area contributed by atoms with Crippen LogP contribution in [0.4, 0.5) is 5.13 Å². The number of benzene rings is 1. The maximum absolute atomic E-state index is 11.1. The Bertz CT molecular complexity index is 738. The van der Waals surface area contributed by atoms with Crippen molar-refractivity contribution in [1.29, 1.82) is 0 Å². The average Bonchev–Trinajstić information content (AvgIpc) is 3.08. The van der Waals surface area contributed by atoms with Gasteiger partial charge in [0.2, 0.25) is 11.0 Å². The minimum absolute atomic E-state index is 0. The van der Waals surface area contributed by atoms with E-state index in [0.717, 1.165) is 16.8 Å². The molecule has 2 aromatic rings. The number of rotatable bonds is 8. The lowest BCUT2D eigenvalue weighted by molar-refractivity contribution is -0.123. The number of nitrogens with one attached hydrogen (secondary N) is 2. The number of halogens is 1. The molecular formula is C16H22ClN5O3S. The van der Waals surface area contributed by atoms with E-state index in [1.54, 1.807) is 7.11 Å². The lowest BCUT2D eigenvalue weighted by Crippen LogP contribution is -2.33. The summed E-state index contributed by atoms with van der Waals surface area (Å²) in [5.74, 6) is -0.120. The molecule has 0 aliphatic rings. The number of hydrogen-bond acceptors (Lipinski definition) is 6. The van der Waals surface area contributed by atoms with Gasteiger partial charge in [-0.05, 0) is 11.6 Å². The lowest BCUT2D eigenvalue weighted by Gasteiger charge is -2.05. The molecule has 1 heterocycles. The van der Waals surface area contributed by atoms with Gasteiger partial charge in [-0.3, -0.25) is 4.79 Å². The monoisotopic (exact) mass is 399 g/mol. The summed E-state index contributed by atoms with van der Waals surface area (Å²) >= 11 is 1.39. The van der Waals surface area contributed by atoms with E-state index in [-0.39, 0.29) is 12.4 Å². The summed E-state index contributed by atoms with van der Waals surface area (Å²) in [7, 11) is 1.62.